The number of hydrogen-bond acceptors (Lipinski definition) is 13. The Bertz CT molecular complexity index is 1320. The maximum absolute atomic E-state index is 13.3. The second-order valence-corrected chi connectivity index (χ2v) is 10.9. The van der Waals surface area contributed by atoms with Gasteiger partial charge in [0, 0.05) is 40.3 Å². The number of aliphatic hydroxyl groups excluding tert-OH is 2. The van der Waals surface area contributed by atoms with E-state index in [1.54, 1.807) is 0 Å². The minimum absolute atomic E-state index is 0.0256. The van der Waals surface area contributed by atoms with E-state index in [4.69, 9.17) is 28.4 Å². The molecule has 2 amide bonds. The summed E-state index contributed by atoms with van der Waals surface area (Å²) in [6.45, 7) is 2.41. The van der Waals surface area contributed by atoms with E-state index in [1.807, 2.05) is 0 Å². The number of benzene rings is 1. The number of ether oxygens (including phenoxy) is 6. The van der Waals surface area contributed by atoms with Gasteiger partial charge in [0.25, 0.3) is 5.91 Å². The second kappa shape index (κ2) is 18.8. The lowest BCUT2D eigenvalue weighted by molar-refractivity contribution is -0.285. The molecule has 1 aromatic carbocycles. The van der Waals surface area contributed by atoms with Crippen LogP contribution >= 0.6 is 0 Å². The Hall–Kier alpha value is -4.23. The van der Waals surface area contributed by atoms with Crippen molar-refractivity contribution >= 4 is 29.7 Å². The van der Waals surface area contributed by atoms with Crippen LogP contribution in [0, 0.1) is 11.8 Å². The van der Waals surface area contributed by atoms with Crippen molar-refractivity contribution in [3.63, 3.8) is 0 Å². The Balaban J connectivity index is 1.70. The van der Waals surface area contributed by atoms with Gasteiger partial charge in [-0.25, -0.2) is 0 Å². The van der Waals surface area contributed by atoms with Gasteiger partial charge in [-0.05, 0) is 37.0 Å². The lowest BCUT2D eigenvalue weighted by Gasteiger charge is -2.42. The van der Waals surface area contributed by atoms with Crippen LogP contribution in [0.2, 0.25) is 0 Å². The first-order valence-corrected chi connectivity index (χ1v) is 15.3. The van der Waals surface area contributed by atoms with E-state index in [0.29, 0.717) is 5.56 Å². The van der Waals surface area contributed by atoms with E-state index < -0.39 is 67.7 Å². The molecule has 1 aliphatic heterocycles. The van der Waals surface area contributed by atoms with Crippen molar-refractivity contribution in [1.82, 2.24) is 10.6 Å². The van der Waals surface area contributed by atoms with Crippen LogP contribution < -0.4 is 15.4 Å². The van der Waals surface area contributed by atoms with Crippen LogP contribution in [0.5, 0.6) is 5.75 Å². The molecule has 15 heteroatoms. The third kappa shape index (κ3) is 12.1. The summed E-state index contributed by atoms with van der Waals surface area (Å²) >= 11 is 0. The van der Waals surface area contributed by atoms with Gasteiger partial charge in [-0.3, -0.25) is 24.0 Å². The van der Waals surface area contributed by atoms with Crippen molar-refractivity contribution < 1.29 is 62.6 Å². The minimum Gasteiger partial charge on any atom is -0.463 e. The number of rotatable bonds is 14. The normalized spacial score (nSPS) is 23.9. The Labute approximate surface area is 272 Å². The van der Waals surface area contributed by atoms with Crippen LogP contribution in [0.4, 0.5) is 0 Å². The van der Waals surface area contributed by atoms with E-state index >= 15 is 0 Å². The Morgan fingerprint density at radius 2 is 1.68 bits per heavy atom. The zero-order valence-electron chi connectivity index (χ0n) is 26.7. The molecule has 1 saturated heterocycles. The van der Waals surface area contributed by atoms with Gasteiger partial charge in [0.15, 0.2) is 6.10 Å². The molecular weight excluding hydrogens is 620 g/mol. The number of nitrogens with one attached hydrogen (secondary N) is 2. The van der Waals surface area contributed by atoms with Crippen LogP contribution in [-0.2, 0) is 49.5 Å². The lowest BCUT2D eigenvalue weighted by atomic mass is 9.98. The number of aliphatic hydroxyl groups is 2. The van der Waals surface area contributed by atoms with Crippen molar-refractivity contribution in [3.8, 4) is 17.6 Å². The monoisotopic (exact) mass is 662 g/mol. The van der Waals surface area contributed by atoms with Gasteiger partial charge in [-0.1, -0.05) is 18.4 Å². The molecule has 1 unspecified atom stereocenters. The van der Waals surface area contributed by atoms with Crippen molar-refractivity contribution in [2.75, 3.05) is 26.3 Å². The van der Waals surface area contributed by atoms with Gasteiger partial charge < -0.3 is 49.3 Å². The third-order valence-electron chi connectivity index (χ3n) is 7.07. The molecule has 1 aliphatic carbocycles. The molecule has 0 spiro atoms. The summed E-state index contributed by atoms with van der Waals surface area (Å²) in [6.07, 6.45) is -3.01. The molecule has 2 aliphatic rings. The van der Waals surface area contributed by atoms with Gasteiger partial charge in [0.1, 0.15) is 37.3 Å². The van der Waals surface area contributed by atoms with Crippen molar-refractivity contribution in [2.45, 2.75) is 96.3 Å². The molecule has 0 bridgehead atoms. The van der Waals surface area contributed by atoms with E-state index in [1.165, 1.54) is 18.2 Å². The molecule has 15 nitrogen and oxygen atoms in total. The fourth-order valence-corrected chi connectivity index (χ4v) is 4.85. The molecule has 3 rings (SSSR count). The molecule has 4 N–H and O–H groups in total. The molecule has 0 radical (unpaired) electrons. The van der Waals surface area contributed by atoms with Crippen LogP contribution in [0.1, 0.15) is 68.8 Å². The topological polar surface area (TPSA) is 205 Å². The molecule has 6 atom stereocenters. The standard InChI is InChI=1S/C32H42N2O13/c1-19(36)42-17-26-28(40)29(44-20(2)37)30(45-21(3)38)32(47-26)46-25-12-11-22(16-35)15-24(25)31(41)34-14-13-33-27(39)18-43-23-9-7-5-4-6-8-10-23/h11-12,15,23,26,28-30,32,35,40H,4-7,9,13-14,16-18H2,1-3H3,(H,33,39)(H,34,41)/t23?,26-,28-,29+,30-,32-/m1/s1. The molecule has 1 heterocycles. The molecular formula is C32H42N2O13. The van der Waals surface area contributed by atoms with E-state index in [0.717, 1.165) is 52.9 Å². The van der Waals surface area contributed by atoms with E-state index in [9.17, 15) is 34.2 Å². The number of esters is 3. The summed E-state index contributed by atoms with van der Waals surface area (Å²) in [6, 6.07) is 4.22. The van der Waals surface area contributed by atoms with Crippen LogP contribution in [0.25, 0.3) is 0 Å². The first kappa shape index (κ1) is 37.2. The van der Waals surface area contributed by atoms with Crippen molar-refractivity contribution in [2.24, 2.45) is 0 Å². The average Bonchev–Trinajstić information content (AvgIpc) is 3.00. The summed E-state index contributed by atoms with van der Waals surface area (Å²) in [4.78, 5) is 60.8. The molecule has 47 heavy (non-hydrogen) atoms. The summed E-state index contributed by atoms with van der Waals surface area (Å²) in [5, 5.41) is 25.9. The highest BCUT2D eigenvalue weighted by Crippen LogP contribution is 2.31. The average molecular weight is 663 g/mol. The van der Waals surface area contributed by atoms with Crippen molar-refractivity contribution in [3.05, 3.63) is 29.3 Å². The van der Waals surface area contributed by atoms with Gasteiger partial charge >= 0.3 is 17.9 Å². The minimum atomic E-state index is -1.59. The highest BCUT2D eigenvalue weighted by molar-refractivity contribution is 5.97. The fourth-order valence-electron chi connectivity index (χ4n) is 4.85. The third-order valence-corrected chi connectivity index (χ3v) is 7.07. The summed E-state index contributed by atoms with van der Waals surface area (Å²) in [7, 11) is 0. The molecule has 0 saturated carbocycles. The van der Waals surface area contributed by atoms with Crippen LogP contribution in [0.3, 0.4) is 0 Å². The zero-order chi connectivity index (χ0) is 34.3. The van der Waals surface area contributed by atoms with Crippen LogP contribution in [0.15, 0.2) is 18.2 Å². The molecule has 258 valence electrons. The van der Waals surface area contributed by atoms with Crippen LogP contribution in [-0.4, -0.2) is 103 Å². The molecule has 1 fully saturated rings. The second-order valence-electron chi connectivity index (χ2n) is 10.9. The van der Waals surface area contributed by atoms with Crippen molar-refractivity contribution in [1.29, 1.82) is 0 Å². The van der Waals surface area contributed by atoms with Gasteiger partial charge in [0.2, 0.25) is 18.3 Å². The largest absolute Gasteiger partial charge is 0.463 e. The summed E-state index contributed by atoms with van der Waals surface area (Å²) in [5.41, 5.74) is 0.318. The lowest BCUT2D eigenvalue weighted by Crippen LogP contribution is -2.62. The fraction of sp³-hybridized carbons (Fsp3) is 0.594. The maximum atomic E-state index is 13.3. The maximum Gasteiger partial charge on any atom is 0.303 e. The highest BCUT2D eigenvalue weighted by atomic mass is 16.7. The van der Waals surface area contributed by atoms with E-state index in [-0.39, 0.29) is 43.0 Å². The summed E-state index contributed by atoms with van der Waals surface area (Å²) < 4.78 is 33.0. The smallest absolute Gasteiger partial charge is 0.303 e. The van der Waals surface area contributed by atoms with Gasteiger partial charge in [0.05, 0.1) is 12.2 Å². The first-order chi connectivity index (χ1) is 22.5. The van der Waals surface area contributed by atoms with Gasteiger partial charge in [-0.2, -0.15) is 0 Å². The zero-order valence-corrected chi connectivity index (χ0v) is 26.7. The molecule has 1 aromatic rings. The predicted octanol–water partition coefficient (Wildman–Crippen LogP) is 0.269. The Morgan fingerprint density at radius 1 is 0.957 bits per heavy atom. The number of hydrogen-bond donors (Lipinski definition) is 4. The number of carbonyl (C=O) groups excluding carboxylic acids is 5. The number of amides is 2. The Morgan fingerprint density at radius 3 is 2.38 bits per heavy atom. The van der Waals surface area contributed by atoms with E-state index in [2.05, 4.69) is 22.5 Å². The molecule has 0 aromatic heterocycles. The summed E-state index contributed by atoms with van der Waals surface area (Å²) in [5.74, 6) is 2.71. The highest BCUT2D eigenvalue weighted by Gasteiger charge is 2.51. The predicted molar refractivity (Wildman–Crippen MR) is 161 cm³/mol. The quantitative estimate of drug-likeness (QED) is 0.0915. The van der Waals surface area contributed by atoms with Gasteiger partial charge in [-0.15, -0.1) is 5.92 Å². The number of carbonyl (C=O) groups is 5. The first-order valence-electron chi connectivity index (χ1n) is 15.3. The SMILES string of the molecule is CC(=O)OC[C@H]1O[C@@H](Oc2ccc(CO)cc2C(=O)NCCNC(=O)COC2C#CCCCCC2)[C@H](OC(C)=O)[C@@H](OC(C)=O)[C@@H]1O. The Kier molecular flexibility index (Phi) is 14.9.